The second-order valence-electron chi connectivity index (χ2n) is 9.84. The summed E-state index contributed by atoms with van der Waals surface area (Å²) in [5.74, 6) is 0. The Morgan fingerprint density at radius 2 is 1.11 bits per heavy atom. The van der Waals surface area contributed by atoms with Gasteiger partial charge in [0.1, 0.15) is 0 Å². The van der Waals surface area contributed by atoms with E-state index in [1.54, 1.807) is 0 Å². The van der Waals surface area contributed by atoms with Crippen LogP contribution in [0.1, 0.15) is 0 Å². The molecule has 178 valence electrons. The minimum Gasteiger partial charge on any atom is -0.354 e. The first-order chi connectivity index (χ1) is 18.9. The highest BCUT2D eigenvalue weighted by atomic mass is 15.0. The van der Waals surface area contributed by atoms with Crippen molar-refractivity contribution in [3.8, 4) is 27.9 Å². The Labute approximate surface area is 220 Å². The van der Waals surface area contributed by atoms with Gasteiger partial charge >= 0.3 is 0 Å². The van der Waals surface area contributed by atoms with E-state index in [0.717, 1.165) is 11.0 Å². The molecule has 2 heteroatoms. The summed E-state index contributed by atoms with van der Waals surface area (Å²) in [4.78, 5) is 3.64. The average Bonchev–Trinajstić information content (AvgIpc) is 3.53. The van der Waals surface area contributed by atoms with Crippen LogP contribution in [0, 0.1) is 0 Å². The molecular formula is C36H24N2. The van der Waals surface area contributed by atoms with Crippen LogP contribution in [0.3, 0.4) is 0 Å². The first kappa shape index (κ1) is 21.0. The van der Waals surface area contributed by atoms with Crippen LogP contribution in [0.5, 0.6) is 0 Å². The number of aromatic amines is 1. The van der Waals surface area contributed by atoms with E-state index in [2.05, 4.69) is 149 Å². The van der Waals surface area contributed by atoms with Gasteiger partial charge in [-0.05, 0) is 58.7 Å². The average molecular weight is 485 g/mol. The number of para-hydroxylation sites is 3. The predicted molar refractivity (Wildman–Crippen MR) is 161 cm³/mol. The number of hydrogen-bond acceptors (Lipinski definition) is 0. The molecule has 0 aliphatic heterocycles. The number of H-pyrrole nitrogens is 1. The summed E-state index contributed by atoms with van der Waals surface area (Å²) in [6.07, 6.45) is 0. The van der Waals surface area contributed by atoms with Gasteiger partial charge in [-0.1, -0.05) is 103 Å². The summed E-state index contributed by atoms with van der Waals surface area (Å²) in [5, 5.41) is 5.07. The SMILES string of the molecule is c1ccc(-c2c(-c3cccc4[nH]c5ccccc5c34)ccc3c2c2ccccc2n3-c2ccccc2)cc1. The molecule has 0 unspecified atom stereocenters. The number of benzene rings is 6. The molecule has 2 aromatic heterocycles. The maximum atomic E-state index is 3.64. The van der Waals surface area contributed by atoms with Gasteiger partial charge in [0, 0.05) is 38.3 Å². The molecule has 0 saturated heterocycles. The zero-order valence-corrected chi connectivity index (χ0v) is 20.7. The third kappa shape index (κ3) is 3.01. The normalized spacial score (nSPS) is 11.7. The van der Waals surface area contributed by atoms with Gasteiger partial charge in [0.05, 0.1) is 11.0 Å². The second kappa shape index (κ2) is 8.22. The van der Waals surface area contributed by atoms with Gasteiger partial charge in [0.2, 0.25) is 0 Å². The number of rotatable bonds is 3. The summed E-state index contributed by atoms with van der Waals surface area (Å²) < 4.78 is 2.40. The van der Waals surface area contributed by atoms with E-state index in [-0.39, 0.29) is 0 Å². The van der Waals surface area contributed by atoms with Crippen molar-refractivity contribution in [2.45, 2.75) is 0 Å². The molecule has 0 radical (unpaired) electrons. The molecule has 0 amide bonds. The molecule has 0 bridgehead atoms. The molecule has 0 saturated carbocycles. The zero-order chi connectivity index (χ0) is 25.1. The van der Waals surface area contributed by atoms with Crippen molar-refractivity contribution in [2.75, 3.05) is 0 Å². The fourth-order valence-electron chi connectivity index (χ4n) is 6.17. The van der Waals surface area contributed by atoms with Crippen LogP contribution < -0.4 is 0 Å². The molecule has 0 aliphatic carbocycles. The number of hydrogen-bond donors (Lipinski definition) is 1. The lowest BCUT2D eigenvalue weighted by Gasteiger charge is -2.15. The van der Waals surface area contributed by atoms with E-state index in [1.807, 2.05) is 0 Å². The smallest absolute Gasteiger partial charge is 0.0547 e. The first-order valence-electron chi connectivity index (χ1n) is 13.1. The van der Waals surface area contributed by atoms with Gasteiger partial charge in [-0.15, -0.1) is 0 Å². The fraction of sp³-hybridized carbons (Fsp3) is 0. The molecule has 2 heterocycles. The summed E-state index contributed by atoms with van der Waals surface area (Å²) in [6, 6.07) is 50.2. The third-order valence-corrected chi connectivity index (χ3v) is 7.74. The first-order valence-corrected chi connectivity index (χ1v) is 13.1. The number of fused-ring (bicyclic) bond motifs is 6. The van der Waals surface area contributed by atoms with Crippen molar-refractivity contribution in [3.05, 3.63) is 140 Å². The third-order valence-electron chi connectivity index (χ3n) is 7.74. The van der Waals surface area contributed by atoms with Crippen LogP contribution >= 0.6 is 0 Å². The Balaban J connectivity index is 1.57. The van der Waals surface area contributed by atoms with Crippen LogP contribution in [0.15, 0.2) is 140 Å². The monoisotopic (exact) mass is 484 g/mol. The van der Waals surface area contributed by atoms with Gasteiger partial charge in [0.25, 0.3) is 0 Å². The van der Waals surface area contributed by atoms with Crippen LogP contribution in [-0.2, 0) is 0 Å². The fourth-order valence-corrected chi connectivity index (χ4v) is 6.17. The summed E-state index contributed by atoms with van der Waals surface area (Å²) in [5.41, 5.74) is 10.9. The Kier molecular flexibility index (Phi) is 4.55. The van der Waals surface area contributed by atoms with E-state index >= 15 is 0 Å². The van der Waals surface area contributed by atoms with E-state index < -0.39 is 0 Å². The highest BCUT2D eigenvalue weighted by Gasteiger charge is 2.21. The lowest BCUT2D eigenvalue weighted by atomic mass is 9.89. The second-order valence-corrected chi connectivity index (χ2v) is 9.84. The van der Waals surface area contributed by atoms with Gasteiger partial charge in [0.15, 0.2) is 0 Å². The van der Waals surface area contributed by atoms with Crippen molar-refractivity contribution >= 4 is 43.6 Å². The molecule has 0 fully saturated rings. The largest absolute Gasteiger partial charge is 0.354 e. The van der Waals surface area contributed by atoms with Crippen molar-refractivity contribution in [1.29, 1.82) is 0 Å². The van der Waals surface area contributed by atoms with E-state index in [4.69, 9.17) is 0 Å². The van der Waals surface area contributed by atoms with Crippen molar-refractivity contribution < 1.29 is 0 Å². The molecule has 8 aromatic rings. The number of nitrogens with one attached hydrogen (secondary N) is 1. The van der Waals surface area contributed by atoms with Crippen molar-refractivity contribution in [2.24, 2.45) is 0 Å². The van der Waals surface area contributed by atoms with Crippen molar-refractivity contribution in [1.82, 2.24) is 9.55 Å². The molecular weight excluding hydrogens is 460 g/mol. The minimum atomic E-state index is 1.16. The Morgan fingerprint density at radius 1 is 0.421 bits per heavy atom. The molecule has 2 nitrogen and oxygen atoms in total. The Bertz CT molecular complexity index is 2110. The Morgan fingerprint density at radius 3 is 1.95 bits per heavy atom. The van der Waals surface area contributed by atoms with Gasteiger partial charge < -0.3 is 9.55 Å². The Hall–Kier alpha value is -5.08. The lowest BCUT2D eigenvalue weighted by Crippen LogP contribution is -1.94. The number of nitrogens with zero attached hydrogens (tertiary/aromatic N) is 1. The van der Waals surface area contributed by atoms with Crippen LogP contribution in [0.2, 0.25) is 0 Å². The lowest BCUT2D eigenvalue weighted by molar-refractivity contribution is 1.18. The van der Waals surface area contributed by atoms with Gasteiger partial charge in [-0.2, -0.15) is 0 Å². The molecule has 0 aliphatic rings. The summed E-state index contributed by atoms with van der Waals surface area (Å²) in [7, 11) is 0. The zero-order valence-electron chi connectivity index (χ0n) is 20.7. The van der Waals surface area contributed by atoms with Crippen LogP contribution in [0.25, 0.3) is 71.6 Å². The summed E-state index contributed by atoms with van der Waals surface area (Å²) in [6.45, 7) is 0. The molecule has 1 N–H and O–H groups in total. The molecule has 6 aromatic carbocycles. The number of aromatic nitrogens is 2. The molecule has 0 spiro atoms. The molecule has 38 heavy (non-hydrogen) atoms. The van der Waals surface area contributed by atoms with Crippen molar-refractivity contribution in [3.63, 3.8) is 0 Å². The quantitative estimate of drug-likeness (QED) is 0.258. The summed E-state index contributed by atoms with van der Waals surface area (Å²) >= 11 is 0. The van der Waals surface area contributed by atoms with E-state index in [1.165, 1.54) is 60.5 Å². The molecule has 8 rings (SSSR count). The maximum Gasteiger partial charge on any atom is 0.0547 e. The van der Waals surface area contributed by atoms with Gasteiger partial charge in [-0.25, -0.2) is 0 Å². The van der Waals surface area contributed by atoms with Crippen LogP contribution in [-0.4, -0.2) is 9.55 Å². The maximum absolute atomic E-state index is 3.64. The highest BCUT2D eigenvalue weighted by molar-refractivity contribution is 6.22. The predicted octanol–water partition coefficient (Wildman–Crippen LogP) is 9.75. The van der Waals surface area contributed by atoms with Crippen LogP contribution in [0.4, 0.5) is 0 Å². The topological polar surface area (TPSA) is 20.7 Å². The standard InChI is InChI=1S/C36H24N2/c1-3-12-24(13-4-1)34-27(26-18-11-20-31-35(26)28-16-7-9-19-30(28)37-31)22-23-33-36(34)29-17-8-10-21-32(29)38(33)25-14-5-2-6-15-25/h1-23,37H. The minimum absolute atomic E-state index is 1.16. The van der Waals surface area contributed by atoms with Gasteiger partial charge in [-0.3, -0.25) is 0 Å². The highest BCUT2D eigenvalue weighted by Crippen LogP contribution is 2.46. The molecule has 0 atom stereocenters. The van der Waals surface area contributed by atoms with E-state index in [0.29, 0.717) is 0 Å². The van der Waals surface area contributed by atoms with E-state index in [9.17, 15) is 0 Å².